The van der Waals surface area contributed by atoms with Gasteiger partial charge in [-0.1, -0.05) is 0 Å². The van der Waals surface area contributed by atoms with Crippen LogP contribution in [0.2, 0.25) is 0 Å². The minimum Gasteiger partial charge on any atom is -0.302 e. The summed E-state index contributed by atoms with van der Waals surface area (Å²) < 4.78 is 31.6. The van der Waals surface area contributed by atoms with Crippen molar-refractivity contribution in [1.82, 2.24) is 5.59 Å². The Kier molecular flexibility index (Phi) is 6.54. The van der Waals surface area contributed by atoms with Gasteiger partial charge in [0.1, 0.15) is 0 Å². The van der Waals surface area contributed by atoms with E-state index in [1.807, 2.05) is 0 Å². The van der Waals surface area contributed by atoms with Gasteiger partial charge in [-0.15, -0.1) is 5.59 Å². The van der Waals surface area contributed by atoms with E-state index in [4.69, 9.17) is 22.7 Å². The zero-order chi connectivity index (χ0) is 7.21. The van der Waals surface area contributed by atoms with Crippen LogP contribution < -0.4 is 11.4 Å². The van der Waals surface area contributed by atoms with Crippen molar-refractivity contribution in [3.63, 3.8) is 0 Å². The summed E-state index contributed by atoms with van der Waals surface area (Å²) in [5, 5.41) is 7.10. The molecule has 0 heterocycles. The van der Waals surface area contributed by atoms with Gasteiger partial charge in [0.15, 0.2) is 0 Å². The molecule has 8 heavy (non-hydrogen) atoms. The Balaban J connectivity index is 0. The molecular formula is H6N2O5S. The lowest BCUT2D eigenvalue weighted by Crippen LogP contribution is -2.14. The van der Waals surface area contributed by atoms with Gasteiger partial charge >= 0.3 is 10.4 Å². The fourth-order valence-corrected chi connectivity index (χ4v) is 0. The van der Waals surface area contributed by atoms with Crippen molar-refractivity contribution in [2.45, 2.75) is 0 Å². The Bertz CT molecular complexity index is 104. The lowest BCUT2D eigenvalue weighted by molar-refractivity contribution is 0.169. The molecule has 0 aromatic heterocycles. The van der Waals surface area contributed by atoms with E-state index in [-0.39, 0.29) is 0 Å². The van der Waals surface area contributed by atoms with Crippen molar-refractivity contribution < 1.29 is 22.7 Å². The van der Waals surface area contributed by atoms with Crippen molar-refractivity contribution in [2.24, 2.45) is 5.84 Å². The summed E-state index contributed by atoms with van der Waals surface area (Å²) in [4.78, 5) is 0. The fourth-order valence-electron chi connectivity index (χ4n) is 0. The van der Waals surface area contributed by atoms with Crippen molar-refractivity contribution in [2.75, 3.05) is 0 Å². The zero-order valence-electron chi connectivity index (χ0n) is 3.64. The molecule has 0 fully saturated rings. The quantitative estimate of drug-likeness (QED) is 0.154. The molecule has 0 atom stereocenters. The van der Waals surface area contributed by atoms with Gasteiger partial charge < -0.3 is 5.21 Å². The molecule has 0 aliphatic heterocycles. The molecule has 0 spiro atoms. The van der Waals surface area contributed by atoms with Gasteiger partial charge in [0.05, 0.1) is 0 Å². The second-order valence-electron chi connectivity index (χ2n) is 0.577. The van der Waals surface area contributed by atoms with Crippen LogP contribution in [0.25, 0.3) is 0 Å². The number of hydrogen-bond acceptors (Lipinski definition) is 5. The Morgan fingerprint density at radius 1 is 1.38 bits per heavy atom. The number of nitrogens with one attached hydrogen (secondary N) is 1. The van der Waals surface area contributed by atoms with Crippen LogP contribution in [0, 0.1) is 0 Å². The normalized spacial score (nSPS) is 9.50. The van der Waals surface area contributed by atoms with Crippen LogP contribution >= 0.6 is 0 Å². The van der Waals surface area contributed by atoms with Gasteiger partial charge in [-0.3, -0.25) is 9.11 Å². The number of rotatable bonds is 0. The molecule has 0 aliphatic carbocycles. The summed E-state index contributed by atoms with van der Waals surface area (Å²) in [6.45, 7) is 0. The van der Waals surface area contributed by atoms with E-state index in [0.717, 1.165) is 0 Å². The van der Waals surface area contributed by atoms with Gasteiger partial charge in [-0.05, 0) is 0 Å². The maximum Gasteiger partial charge on any atom is 0.394 e. The lowest BCUT2D eigenvalue weighted by atomic mass is 12.8. The molecule has 0 aliphatic rings. The van der Waals surface area contributed by atoms with Crippen molar-refractivity contribution in [1.29, 1.82) is 0 Å². The Morgan fingerprint density at radius 2 is 1.38 bits per heavy atom. The third-order valence-electron chi connectivity index (χ3n) is 0. The average Bonchev–Trinajstić information content (AvgIpc) is 1.27. The maximum absolute atomic E-state index is 8.74. The molecule has 0 aromatic carbocycles. The second-order valence-corrected chi connectivity index (χ2v) is 1.47. The summed E-state index contributed by atoms with van der Waals surface area (Å²) in [6, 6.07) is 0. The summed E-state index contributed by atoms with van der Waals surface area (Å²) >= 11 is 0. The largest absolute Gasteiger partial charge is 0.394 e. The summed E-state index contributed by atoms with van der Waals surface area (Å²) in [5.41, 5.74) is 1.25. The molecule has 0 amide bonds. The second kappa shape index (κ2) is 4.90. The van der Waals surface area contributed by atoms with E-state index in [9.17, 15) is 0 Å². The minimum absolute atomic E-state index is 1.25. The standard InChI is InChI=1S/H4N2O.H2O4S/c1-2-3;1-5(2,3)4/h2-3H,1H2;(H2,1,2,3,4). The van der Waals surface area contributed by atoms with E-state index < -0.39 is 10.4 Å². The van der Waals surface area contributed by atoms with E-state index in [0.29, 0.717) is 0 Å². The van der Waals surface area contributed by atoms with Crippen LogP contribution in [0.4, 0.5) is 0 Å². The van der Waals surface area contributed by atoms with Crippen molar-refractivity contribution in [3.05, 3.63) is 0 Å². The van der Waals surface area contributed by atoms with Crippen molar-refractivity contribution >= 4 is 10.4 Å². The first-order valence-electron chi connectivity index (χ1n) is 1.21. The SMILES string of the molecule is NNO.O=S(=O)(O)O. The zero-order valence-corrected chi connectivity index (χ0v) is 4.46. The molecule has 8 heteroatoms. The van der Waals surface area contributed by atoms with Gasteiger partial charge in [0.2, 0.25) is 0 Å². The van der Waals surface area contributed by atoms with E-state index in [2.05, 4.69) is 5.84 Å². The Morgan fingerprint density at radius 3 is 1.38 bits per heavy atom. The predicted molar refractivity (Wildman–Crippen MR) is 23.3 cm³/mol. The molecule has 6 N–H and O–H groups in total. The molecule has 0 radical (unpaired) electrons. The maximum atomic E-state index is 8.74. The van der Waals surface area contributed by atoms with E-state index >= 15 is 0 Å². The van der Waals surface area contributed by atoms with Gasteiger partial charge in [0.25, 0.3) is 0 Å². The molecular weight excluding hydrogens is 140 g/mol. The first-order valence-corrected chi connectivity index (χ1v) is 2.61. The third kappa shape index (κ3) is 2080. The highest BCUT2D eigenvalue weighted by Crippen LogP contribution is 1.59. The summed E-state index contributed by atoms with van der Waals surface area (Å²) in [7, 11) is -4.67. The average molecular weight is 146 g/mol. The molecule has 0 bridgehead atoms. The van der Waals surface area contributed by atoms with Gasteiger partial charge in [-0.2, -0.15) is 8.42 Å². The minimum atomic E-state index is -4.67. The highest BCUT2D eigenvalue weighted by Gasteiger charge is 1.84. The fraction of sp³-hybridized carbons (Fsp3) is 0. The molecule has 0 saturated heterocycles. The first-order chi connectivity index (χ1) is 3.41. The molecule has 0 saturated carbocycles. The Hall–Kier alpha value is -0.250. The molecule has 52 valence electrons. The molecule has 0 rings (SSSR count). The van der Waals surface area contributed by atoms with Crippen LogP contribution in [0.5, 0.6) is 0 Å². The van der Waals surface area contributed by atoms with Crippen LogP contribution in [0.1, 0.15) is 0 Å². The number of nitrogens with two attached hydrogens (primary N) is 1. The van der Waals surface area contributed by atoms with Crippen LogP contribution in [-0.4, -0.2) is 22.7 Å². The van der Waals surface area contributed by atoms with Crippen LogP contribution in [-0.2, 0) is 10.4 Å². The lowest BCUT2D eigenvalue weighted by Gasteiger charge is -1.68. The molecule has 7 nitrogen and oxygen atoms in total. The van der Waals surface area contributed by atoms with E-state index in [1.165, 1.54) is 5.59 Å². The van der Waals surface area contributed by atoms with Gasteiger partial charge in [0, 0.05) is 0 Å². The smallest absolute Gasteiger partial charge is 0.302 e. The highest BCUT2D eigenvalue weighted by atomic mass is 32.3. The van der Waals surface area contributed by atoms with Crippen LogP contribution in [0.15, 0.2) is 0 Å². The van der Waals surface area contributed by atoms with E-state index in [1.54, 1.807) is 0 Å². The number of hydrazine groups is 1. The topological polar surface area (TPSA) is 133 Å². The summed E-state index contributed by atoms with van der Waals surface area (Å²) in [6.07, 6.45) is 0. The highest BCUT2D eigenvalue weighted by molar-refractivity contribution is 7.79. The third-order valence-corrected chi connectivity index (χ3v) is 0. The number of hydrogen-bond donors (Lipinski definition) is 5. The Labute approximate surface area is 45.6 Å². The monoisotopic (exact) mass is 146 g/mol. The molecule has 0 aromatic rings. The molecule has 0 unspecified atom stereocenters. The van der Waals surface area contributed by atoms with Crippen LogP contribution in [0.3, 0.4) is 0 Å². The predicted octanol–water partition coefficient (Wildman–Crippen LogP) is -1.81. The van der Waals surface area contributed by atoms with Gasteiger partial charge in [-0.25, -0.2) is 5.84 Å². The first kappa shape index (κ1) is 10.7. The van der Waals surface area contributed by atoms with Crippen molar-refractivity contribution in [3.8, 4) is 0 Å². The summed E-state index contributed by atoms with van der Waals surface area (Å²) in [5.74, 6) is 4.15.